The van der Waals surface area contributed by atoms with Crippen LogP contribution in [0.25, 0.3) is 11.3 Å². The molecule has 0 saturated carbocycles. The first-order chi connectivity index (χ1) is 9.08. The van der Waals surface area contributed by atoms with Gasteiger partial charge in [0.2, 0.25) is 0 Å². The van der Waals surface area contributed by atoms with E-state index in [1.807, 2.05) is 44.2 Å². The van der Waals surface area contributed by atoms with Crippen LogP contribution in [-0.2, 0) is 4.79 Å². The molecule has 0 saturated heterocycles. The highest BCUT2D eigenvalue weighted by Crippen LogP contribution is 2.20. The smallest absolute Gasteiger partial charge is 0.328 e. The molecule has 100 valence electrons. The Morgan fingerprint density at radius 1 is 1.32 bits per heavy atom. The molecule has 0 aliphatic heterocycles. The van der Waals surface area contributed by atoms with Gasteiger partial charge in [0, 0.05) is 5.56 Å². The highest BCUT2D eigenvalue weighted by molar-refractivity contribution is 5.72. The molecule has 1 heterocycles. The second-order valence-electron chi connectivity index (χ2n) is 4.93. The fraction of sp³-hybridized carbons (Fsp3) is 0.357. The van der Waals surface area contributed by atoms with E-state index in [0.29, 0.717) is 12.1 Å². The quantitative estimate of drug-likeness (QED) is 0.896. The van der Waals surface area contributed by atoms with Gasteiger partial charge in [-0.2, -0.15) is 0 Å². The topological polar surface area (TPSA) is 68.0 Å². The van der Waals surface area contributed by atoms with E-state index >= 15 is 0 Å². The van der Waals surface area contributed by atoms with Crippen molar-refractivity contribution in [3.05, 3.63) is 36.5 Å². The van der Waals surface area contributed by atoms with E-state index in [4.69, 9.17) is 0 Å². The molecule has 19 heavy (non-hydrogen) atoms. The van der Waals surface area contributed by atoms with Gasteiger partial charge < -0.3 is 5.11 Å². The second kappa shape index (κ2) is 5.65. The number of nitrogens with zero attached hydrogens (tertiary/aromatic N) is 3. The van der Waals surface area contributed by atoms with Gasteiger partial charge in [0.25, 0.3) is 0 Å². The van der Waals surface area contributed by atoms with Gasteiger partial charge in [-0.15, -0.1) is 5.10 Å². The predicted molar refractivity (Wildman–Crippen MR) is 71.6 cm³/mol. The summed E-state index contributed by atoms with van der Waals surface area (Å²) in [7, 11) is 0. The summed E-state index contributed by atoms with van der Waals surface area (Å²) in [5.74, 6) is -0.594. The largest absolute Gasteiger partial charge is 0.480 e. The van der Waals surface area contributed by atoms with E-state index in [9.17, 15) is 9.90 Å². The van der Waals surface area contributed by atoms with E-state index in [1.165, 1.54) is 4.68 Å². The molecule has 0 amide bonds. The highest BCUT2D eigenvalue weighted by atomic mass is 16.4. The maximum absolute atomic E-state index is 11.3. The van der Waals surface area contributed by atoms with E-state index in [2.05, 4.69) is 10.3 Å². The number of carboxylic acids is 1. The minimum absolute atomic E-state index is 0.283. The Morgan fingerprint density at radius 2 is 2.00 bits per heavy atom. The Balaban J connectivity index is 2.26. The maximum Gasteiger partial charge on any atom is 0.328 e. The first-order valence-electron chi connectivity index (χ1n) is 6.28. The average molecular weight is 259 g/mol. The van der Waals surface area contributed by atoms with Crippen molar-refractivity contribution in [2.24, 2.45) is 5.92 Å². The van der Waals surface area contributed by atoms with Crippen LogP contribution in [0.15, 0.2) is 36.5 Å². The zero-order valence-corrected chi connectivity index (χ0v) is 11.0. The summed E-state index contributed by atoms with van der Waals surface area (Å²) in [6.07, 6.45) is 2.23. The van der Waals surface area contributed by atoms with Crippen LogP contribution in [0.1, 0.15) is 26.3 Å². The number of rotatable bonds is 5. The molecule has 0 aliphatic carbocycles. The second-order valence-corrected chi connectivity index (χ2v) is 4.93. The number of aliphatic carboxylic acids is 1. The van der Waals surface area contributed by atoms with Gasteiger partial charge >= 0.3 is 5.97 Å². The summed E-state index contributed by atoms with van der Waals surface area (Å²) >= 11 is 0. The predicted octanol–water partition coefficient (Wildman–Crippen LogP) is 2.62. The van der Waals surface area contributed by atoms with Crippen molar-refractivity contribution in [2.45, 2.75) is 26.3 Å². The normalized spacial score (nSPS) is 12.6. The fourth-order valence-corrected chi connectivity index (χ4v) is 1.94. The summed E-state index contributed by atoms with van der Waals surface area (Å²) < 4.78 is 1.44. The maximum atomic E-state index is 11.3. The molecule has 1 aromatic heterocycles. The van der Waals surface area contributed by atoms with Crippen LogP contribution in [0.3, 0.4) is 0 Å². The summed E-state index contributed by atoms with van der Waals surface area (Å²) in [6.45, 7) is 3.98. The van der Waals surface area contributed by atoms with Gasteiger partial charge in [-0.1, -0.05) is 49.4 Å². The van der Waals surface area contributed by atoms with Gasteiger partial charge in [0.1, 0.15) is 5.69 Å². The highest BCUT2D eigenvalue weighted by Gasteiger charge is 2.22. The zero-order chi connectivity index (χ0) is 13.8. The molecule has 0 aliphatic rings. The van der Waals surface area contributed by atoms with Gasteiger partial charge in [-0.05, 0) is 12.3 Å². The van der Waals surface area contributed by atoms with E-state index in [-0.39, 0.29) is 5.92 Å². The lowest BCUT2D eigenvalue weighted by Gasteiger charge is -2.13. The molecular weight excluding hydrogens is 242 g/mol. The van der Waals surface area contributed by atoms with Crippen LogP contribution < -0.4 is 0 Å². The molecule has 2 aromatic rings. The number of carbonyl (C=O) groups is 1. The van der Waals surface area contributed by atoms with Crippen molar-refractivity contribution in [1.29, 1.82) is 0 Å². The van der Waals surface area contributed by atoms with Crippen molar-refractivity contribution in [1.82, 2.24) is 15.0 Å². The summed E-state index contributed by atoms with van der Waals surface area (Å²) in [4.78, 5) is 11.3. The molecular formula is C14H17N3O2. The molecule has 5 heteroatoms. The molecule has 1 aromatic carbocycles. The van der Waals surface area contributed by atoms with Crippen LogP contribution >= 0.6 is 0 Å². The number of carboxylic acid groups (broad SMARTS) is 1. The lowest BCUT2D eigenvalue weighted by Crippen LogP contribution is -2.21. The molecule has 1 atom stereocenters. The minimum atomic E-state index is -0.877. The van der Waals surface area contributed by atoms with E-state index < -0.39 is 12.0 Å². The first-order valence-corrected chi connectivity index (χ1v) is 6.28. The number of hydrogen-bond donors (Lipinski definition) is 1. The SMILES string of the molecule is CC(C)C[C@@H](C(=O)O)n1cc(-c2ccccc2)nn1. The molecule has 2 rings (SSSR count). The number of benzene rings is 1. The Labute approximate surface area is 111 Å². The third-order valence-corrected chi connectivity index (χ3v) is 2.88. The van der Waals surface area contributed by atoms with E-state index in [1.54, 1.807) is 6.20 Å². The molecule has 0 spiro atoms. The van der Waals surface area contributed by atoms with Crippen molar-refractivity contribution < 1.29 is 9.90 Å². The molecule has 0 radical (unpaired) electrons. The Bertz CT molecular complexity index is 549. The van der Waals surface area contributed by atoms with Crippen molar-refractivity contribution >= 4 is 5.97 Å². The third kappa shape index (κ3) is 3.19. The number of hydrogen-bond acceptors (Lipinski definition) is 3. The summed E-state index contributed by atoms with van der Waals surface area (Å²) in [6, 6.07) is 8.94. The molecule has 1 N–H and O–H groups in total. The minimum Gasteiger partial charge on any atom is -0.480 e. The molecule has 0 bridgehead atoms. The van der Waals surface area contributed by atoms with Gasteiger partial charge in [0.15, 0.2) is 6.04 Å². The van der Waals surface area contributed by atoms with Gasteiger partial charge in [0.05, 0.1) is 6.20 Å². The van der Waals surface area contributed by atoms with Crippen LogP contribution in [0.2, 0.25) is 0 Å². The van der Waals surface area contributed by atoms with Crippen LogP contribution in [-0.4, -0.2) is 26.1 Å². The molecule has 0 unspecified atom stereocenters. The lowest BCUT2D eigenvalue weighted by atomic mass is 10.0. The Kier molecular flexibility index (Phi) is 3.94. The van der Waals surface area contributed by atoms with Crippen LogP contribution in [0, 0.1) is 5.92 Å². The van der Waals surface area contributed by atoms with Crippen molar-refractivity contribution in [3.63, 3.8) is 0 Å². The van der Waals surface area contributed by atoms with Crippen LogP contribution in [0.4, 0.5) is 0 Å². The Morgan fingerprint density at radius 3 is 2.58 bits per heavy atom. The Hall–Kier alpha value is -2.17. The van der Waals surface area contributed by atoms with E-state index in [0.717, 1.165) is 5.56 Å². The third-order valence-electron chi connectivity index (χ3n) is 2.88. The van der Waals surface area contributed by atoms with Crippen molar-refractivity contribution in [2.75, 3.05) is 0 Å². The lowest BCUT2D eigenvalue weighted by molar-refractivity contribution is -0.141. The first kappa shape index (κ1) is 13.3. The summed E-state index contributed by atoms with van der Waals surface area (Å²) in [5.41, 5.74) is 1.62. The average Bonchev–Trinajstić information content (AvgIpc) is 2.86. The fourth-order valence-electron chi connectivity index (χ4n) is 1.94. The molecule has 5 nitrogen and oxygen atoms in total. The van der Waals surface area contributed by atoms with Crippen molar-refractivity contribution in [3.8, 4) is 11.3 Å². The monoisotopic (exact) mass is 259 g/mol. The standard InChI is InChI=1S/C14H17N3O2/c1-10(2)8-13(14(18)19)17-9-12(15-16-17)11-6-4-3-5-7-11/h3-7,9-10,13H,8H2,1-2H3,(H,18,19)/t13-/m0/s1. The van der Waals surface area contributed by atoms with Crippen LogP contribution in [0.5, 0.6) is 0 Å². The van der Waals surface area contributed by atoms with Gasteiger partial charge in [-0.3, -0.25) is 0 Å². The zero-order valence-electron chi connectivity index (χ0n) is 11.0. The summed E-state index contributed by atoms with van der Waals surface area (Å²) in [5, 5.41) is 17.3. The number of aromatic nitrogens is 3. The van der Waals surface area contributed by atoms with Gasteiger partial charge in [-0.25, -0.2) is 9.48 Å². The molecule has 0 fully saturated rings.